The second kappa shape index (κ2) is 5.89. The molecule has 0 aliphatic heterocycles. The van der Waals surface area contributed by atoms with Crippen molar-refractivity contribution in [1.29, 1.82) is 0 Å². The average Bonchev–Trinajstić information content (AvgIpc) is 2.39. The lowest BCUT2D eigenvalue weighted by molar-refractivity contribution is -0.383. The third-order valence-electron chi connectivity index (χ3n) is 2.26. The van der Waals surface area contributed by atoms with E-state index in [1.165, 1.54) is 6.33 Å². The van der Waals surface area contributed by atoms with Gasteiger partial charge in [0.1, 0.15) is 6.33 Å². The van der Waals surface area contributed by atoms with Crippen molar-refractivity contribution in [3.63, 3.8) is 0 Å². The number of hydrazine groups is 1. The first-order chi connectivity index (χ1) is 9.58. The van der Waals surface area contributed by atoms with Gasteiger partial charge in [-0.2, -0.15) is 0 Å². The molecule has 0 spiro atoms. The van der Waals surface area contributed by atoms with Crippen LogP contribution < -0.4 is 10.7 Å². The summed E-state index contributed by atoms with van der Waals surface area (Å²) in [7, 11) is 3.42. The highest BCUT2D eigenvalue weighted by Crippen LogP contribution is 2.30. The number of rotatable bonds is 5. The highest BCUT2D eigenvalue weighted by molar-refractivity contribution is 5.73. The van der Waals surface area contributed by atoms with E-state index in [9.17, 15) is 10.1 Å². The molecule has 0 atom stereocenters. The van der Waals surface area contributed by atoms with Crippen LogP contribution in [0, 0.1) is 10.1 Å². The smallest absolute Gasteiger partial charge is 0.333 e. The van der Waals surface area contributed by atoms with Gasteiger partial charge < -0.3 is 5.32 Å². The summed E-state index contributed by atoms with van der Waals surface area (Å²) in [5.74, 6) is 0.212. The van der Waals surface area contributed by atoms with Crippen molar-refractivity contribution < 1.29 is 4.92 Å². The van der Waals surface area contributed by atoms with Gasteiger partial charge in [-0.3, -0.25) is 20.5 Å². The Balaban J connectivity index is 2.39. The van der Waals surface area contributed by atoms with Gasteiger partial charge in [0.05, 0.1) is 16.8 Å². The molecule has 2 rings (SSSR count). The van der Waals surface area contributed by atoms with E-state index >= 15 is 0 Å². The molecule has 9 heteroatoms. The number of hydrogen-bond acceptors (Lipinski definition) is 8. The van der Waals surface area contributed by atoms with Crippen molar-refractivity contribution >= 4 is 23.0 Å². The average molecular weight is 275 g/mol. The molecule has 0 saturated carbocycles. The third-order valence-corrected chi connectivity index (χ3v) is 2.26. The quantitative estimate of drug-likeness (QED) is 0.622. The molecule has 2 aromatic heterocycles. The Morgan fingerprint density at radius 3 is 2.65 bits per heavy atom. The lowest BCUT2D eigenvalue weighted by atomic mass is 10.4. The standard InChI is InChI=1S/C11H13N7O2/c1-17(2)16-11-9(18(19)20)10(13-7-14-11)15-8-4-3-5-12-6-8/h3-7H,1-2H3,(H2,13,14,15,16). The molecular weight excluding hydrogens is 262 g/mol. The molecule has 2 N–H and O–H groups in total. The van der Waals surface area contributed by atoms with Gasteiger partial charge in [-0.1, -0.05) is 0 Å². The van der Waals surface area contributed by atoms with Crippen molar-refractivity contribution in [3.8, 4) is 0 Å². The van der Waals surface area contributed by atoms with Crippen LogP contribution in [0.15, 0.2) is 30.9 Å². The van der Waals surface area contributed by atoms with Gasteiger partial charge in [0.25, 0.3) is 0 Å². The Labute approximate surface area is 114 Å². The maximum absolute atomic E-state index is 11.2. The fourth-order valence-electron chi connectivity index (χ4n) is 1.51. The molecular formula is C11H13N7O2. The molecule has 104 valence electrons. The van der Waals surface area contributed by atoms with Crippen LogP contribution in [0.3, 0.4) is 0 Å². The second-order valence-electron chi connectivity index (χ2n) is 4.05. The normalized spacial score (nSPS) is 10.3. The van der Waals surface area contributed by atoms with Gasteiger partial charge >= 0.3 is 5.69 Å². The van der Waals surface area contributed by atoms with E-state index in [0.717, 1.165) is 0 Å². The molecule has 2 aromatic rings. The maximum atomic E-state index is 11.2. The zero-order valence-electron chi connectivity index (χ0n) is 10.9. The number of nitrogens with zero attached hydrogens (tertiary/aromatic N) is 5. The molecule has 9 nitrogen and oxygen atoms in total. The zero-order chi connectivity index (χ0) is 14.5. The number of anilines is 3. The van der Waals surface area contributed by atoms with Crippen molar-refractivity contribution in [3.05, 3.63) is 41.0 Å². The van der Waals surface area contributed by atoms with Crippen molar-refractivity contribution in [2.75, 3.05) is 24.8 Å². The Morgan fingerprint density at radius 2 is 2.05 bits per heavy atom. The maximum Gasteiger partial charge on any atom is 0.354 e. The summed E-state index contributed by atoms with van der Waals surface area (Å²) in [6.45, 7) is 0. The van der Waals surface area contributed by atoms with Crippen molar-refractivity contribution in [1.82, 2.24) is 20.0 Å². The molecule has 20 heavy (non-hydrogen) atoms. The molecule has 0 amide bonds. The van der Waals surface area contributed by atoms with E-state index < -0.39 is 4.92 Å². The minimum absolute atomic E-state index is 0.0994. The summed E-state index contributed by atoms with van der Waals surface area (Å²) in [5, 5.41) is 15.6. The highest BCUT2D eigenvalue weighted by Gasteiger charge is 2.23. The molecule has 0 aliphatic rings. The number of pyridine rings is 1. The van der Waals surface area contributed by atoms with Crippen LogP contribution in [0.4, 0.5) is 23.0 Å². The number of nitro groups is 1. The molecule has 0 aliphatic carbocycles. The number of aromatic nitrogens is 3. The predicted octanol–water partition coefficient (Wildman–Crippen LogP) is 1.41. The fraction of sp³-hybridized carbons (Fsp3) is 0.182. The summed E-state index contributed by atoms with van der Waals surface area (Å²) in [6, 6.07) is 3.45. The van der Waals surface area contributed by atoms with Gasteiger partial charge in [-0.15, -0.1) is 0 Å². The van der Waals surface area contributed by atoms with Crippen LogP contribution in [0.1, 0.15) is 0 Å². The number of hydrogen-bond donors (Lipinski definition) is 2. The predicted molar refractivity (Wildman–Crippen MR) is 73.5 cm³/mol. The summed E-state index contributed by atoms with van der Waals surface area (Å²) >= 11 is 0. The fourth-order valence-corrected chi connectivity index (χ4v) is 1.51. The molecule has 2 heterocycles. The van der Waals surface area contributed by atoms with E-state index in [2.05, 4.69) is 25.7 Å². The van der Waals surface area contributed by atoms with Crippen molar-refractivity contribution in [2.45, 2.75) is 0 Å². The van der Waals surface area contributed by atoms with Gasteiger partial charge in [0.2, 0.25) is 11.6 Å². The SMILES string of the molecule is CN(C)Nc1ncnc(Nc2cccnc2)c1[N+](=O)[O-]. The van der Waals surface area contributed by atoms with Gasteiger partial charge in [-0.05, 0) is 12.1 Å². The van der Waals surface area contributed by atoms with E-state index in [4.69, 9.17) is 0 Å². The van der Waals surface area contributed by atoms with Crippen LogP contribution in [0.2, 0.25) is 0 Å². The van der Waals surface area contributed by atoms with Gasteiger partial charge in [0, 0.05) is 20.3 Å². The minimum Gasteiger partial charge on any atom is -0.333 e. The first-order valence-electron chi connectivity index (χ1n) is 5.68. The van der Waals surface area contributed by atoms with Crippen molar-refractivity contribution in [2.24, 2.45) is 0 Å². The van der Waals surface area contributed by atoms with Crippen LogP contribution >= 0.6 is 0 Å². The molecule has 0 bridgehead atoms. The molecule has 0 fully saturated rings. The summed E-state index contributed by atoms with van der Waals surface area (Å²) in [5.41, 5.74) is 3.14. The summed E-state index contributed by atoms with van der Waals surface area (Å²) in [6.07, 6.45) is 4.40. The lowest BCUT2D eigenvalue weighted by Crippen LogP contribution is -2.21. The van der Waals surface area contributed by atoms with Gasteiger partial charge in [-0.25, -0.2) is 15.0 Å². The minimum atomic E-state index is -0.537. The Kier molecular flexibility index (Phi) is 4.01. The van der Waals surface area contributed by atoms with Crippen LogP contribution in [-0.2, 0) is 0 Å². The Morgan fingerprint density at radius 1 is 1.30 bits per heavy atom. The van der Waals surface area contributed by atoms with E-state index in [-0.39, 0.29) is 17.3 Å². The van der Waals surface area contributed by atoms with Crippen LogP contribution in [0.25, 0.3) is 0 Å². The lowest BCUT2D eigenvalue weighted by Gasteiger charge is -2.13. The monoisotopic (exact) mass is 275 g/mol. The zero-order valence-corrected chi connectivity index (χ0v) is 10.9. The number of nitrogens with one attached hydrogen (secondary N) is 2. The molecule has 0 saturated heterocycles. The molecule has 0 radical (unpaired) electrons. The topological polar surface area (TPSA) is 109 Å². The first-order valence-corrected chi connectivity index (χ1v) is 5.68. The van der Waals surface area contributed by atoms with Crippen LogP contribution in [-0.4, -0.2) is 39.0 Å². The molecule has 0 aromatic carbocycles. The second-order valence-corrected chi connectivity index (χ2v) is 4.05. The first kappa shape index (κ1) is 13.6. The largest absolute Gasteiger partial charge is 0.354 e. The Hall–Kier alpha value is -2.81. The summed E-state index contributed by atoms with van der Waals surface area (Å²) < 4.78 is 0. The van der Waals surface area contributed by atoms with E-state index in [1.807, 2.05) is 0 Å². The summed E-state index contributed by atoms with van der Waals surface area (Å²) in [4.78, 5) is 22.4. The van der Waals surface area contributed by atoms with E-state index in [0.29, 0.717) is 5.69 Å². The van der Waals surface area contributed by atoms with E-state index in [1.54, 1.807) is 43.6 Å². The molecule has 0 unspecified atom stereocenters. The third kappa shape index (κ3) is 3.14. The van der Waals surface area contributed by atoms with Gasteiger partial charge in [0.15, 0.2) is 0 Å². The Bertz CT molecular complexity index is 603. The van der Waals surface area contributed by atoms with Crippen LogP contribution in [0.5, 0.6) is 0 Å². The highest BCUT2D eigenvalue weighted by atomic mass is 16.6.